The number of hydrogen-bond acceptors (Lipinski definition) is 5. The normalized spacial score (nSPS) is 11.7. The molecular weight excluding hydrogens is 370 g/mol. The summed E-state index contributed by atoms with van der Waals surface area (Å²) in [6.45, 7) is 5.53. The Hall–Kier alpha value is -2.45. The van der Waals surface area contributed by atoms with Gasteiger partial charge >= 0.3 is 0 Å². The predicted octanol–water partition coefficient (Wildman–Crippen LogP) is 4.18. The van der Waals surface area contributed by atoms with Crippen molar-refractivity contribution in [3.8, 4) is 0 Å². The number of aromatic nitrogens is 1. The fourth-order valence-corrected chi connectivity index (χ4v) is 4.44. The Labute approximate surface area is 156 Å². The molecule has 0 saturated heterocycles. The number of fused-ring (bicyclic) bond motifs is 1. The molecule has 0 unspecified atom stereocenters. The van der Waals surface area contributed by atoms with E-state index in [9.17, 15) is 13.2 Å². The summed E-state index contributed by atoms with van der Waals surface area (Å²) in [5, 5.41) is 3.12. The molecule has 0 aliphatic heterocycles. The molecular formula is C18H19N3O3S2. The summed E-state index contributed by atoms with van der Waals surface area (Å²) in [6.07, 6.45) is 0. The van der Waals surface area contributed by atoms with Crippen LogP contribution in [0, 0.1) is 0 Å². The lowest BCUT2D eigenvalue weighted by molar-refractivity contribution is -0.114. The average molecular weight is 390 g/mol. The highest BCUT2D eigenvalue weighted by Crippen LogP contribution is 2.29. The van der Waals surface area contributed by atoms with Crippen LogP contribution in [0.1, 0.15) is 32.3 Å². The van der Waals surface area contributed by atoms with Crippen molar-refractivity contribution in [2.24, 2.45) is 0 Å². The maximum atomic E-state index is 12.6. The number of anilines is 2. The SMILES string of the molecule is CC(=O)Nc1nc2ccc(NS(=O)(=O)c3ccc(C(C)C)cc3)cc2s1. The Morgan fingerprint density at radius 1 is 1.12 bits per heavy atom. The molecule has 1 aromatic heterocycles. The minimum absolute atomic E-state index is 0.199. The molecule has 0 spiro atoms. The molecule has 8 heteroatoms. The van der Waals surface area contributed by atoms with Gasteiger partial charge < -0.3 is 5.32 Å². The van der Waals surface area contributed by atoms with Gasteiger partial charge in [0.25, 0.3) is 10.0 Å². The summed E-state index contributed by atoms with van der Waals surface area (Å²) in [5.74, 6) is 0.140. The zero-order valence-electron chi connectivity index (χ0n) is 14.6. The maximum Gasteiger partial charge on any atom is 0.261 e. The highest BCUT2D eigenvalue weighted by molar-refractivity contribution is 7.92. The van der Waals surface area contributed by atoms with Gasteiger partial charge in [-0.15, -0.1) is 0 Å². The number of rotatable bonds is 5. The third-order valence-corrected chi connectivity index (χ3v) is 6.11. The second-order valence-corrected chi connectivity index (χ2v) is 8.92. The Morgan fingerprint density at radius 3 is 2.42 bits per heavy atom. The van der Waals surface area contributed by atoms with Crippen molar-refractivity contribution < 1.29 is 13.2 Å². The first-order chi connectivity index (χ1) is 12.2. The van der Waals surface area contributed by atoms with Crippen LogP contribution in [-0.2, 0) is 14.8 Å². The predicted molar refractivity (Wildman–Crippen MR) is 105 cm³/mol. The molecule has 0 radical (unpaired) electrons. The summed E-state index contributed by atoms with van der Waals surface area (Å²) in [5.41, 5.74) is 2.23. The van der Waals surface area contributed by atoms with Crippen molar-refractivity contribution in [3.63, 3.8) is 0 Å². The molecule has 0 fully saturated rings. The lowest BCUT2D eigenvalue weighted by Crippen LogP contribution is -2.12. The van der Waals surface area contributed by atoms with Gasteiger partial charge in [0.2, 0.25) is 5.91 Å². The van der Waals surface area contributed by atoms with Crippen LogP contribution in [0.4, 0.5) is 10.8 Å². The lowest BCUT2D eigenvalue weighted by atomic mass is 10.0. The number of thiazole rings is 1. The van der Waals surface area contributed by atoms with Crippen molar-refractivity contribution in [2.75, 3.05) is 10.0 Å². The lowest BCUT2D eigenvalue weighted by Gasteiger charge is -2.10. The molecule has 1 heterocycles. The van der Waals surface area contributed by atoms with E-state index in [1.165, 1.54) is 18.3 Å². The largest absolute Gasteiger partial charge is 0.302 e. The van der Waals surface area contributed by atoms with Crippen molar-refractivity contribution >= 4 is 48.3 Å². The van der Waals surface area contributed by atoms with E-state index in [4.69, 9.17) is 0 Å². The van der Waals surface area contributed by atoms with Gasteiger partial charge in [0.15, 0.2) is 5.13 Å². The van der Waals surface area contributed by atoms with Crippen LogP contribution in [0.2, 0.25) is 0 Å². The quantitative estimate of drug-likeness (QED) is 0.685. The number of sulfonamides is 1. The Balaban J connectivity index is 1.85. The first-order valence-electron chi connectivity index (χ1n) is 8.05. The topological polar surface area (TPSA) is 88.2 Å². The minimum atomic E-state index is -3.67. The van der Waals surface area contributed by atoms with Gasteiger partial charge in [-0.2, -0.15) is 0 Å². The third-order valence-electron chi connectivity index (χ3n) is 3.78. The molecule has 6 nitrogen and oxygen atoms in total. The zero-order valence-corrected chi connectivity index (χ0v) is 16.2. The van der Waals surface area contributed by atoms with Gasteiger partial charge in [-0.3, -0.25) is 9.52 Å². The number of nitrogens with zero attached hydrogens (tertiary/aromatic N) is 1. The standard InChI is InChI=1S/C18H19N3O3S2/c1-11(2)13-4-7-15(8-5-13)26(23,24)21-14-6-9-16-17(10-14)25-18(20-16)19-12(3)22/h4-11,21H,1-3H3,(H,19,20,22). The second-order valence-electron chi connectivity index (χ2n) is 6.21. The molecule has 0 bridgehead atoms. The van der Waals surface area contributed by atoms with Gasteiger partial charge in [-0.25, -0.2) is 13.4 Å². The summed E-state index contributed by atoms with van der Waals surface area (Å²) in [6, 6.07) is 11.9. The minimum Gasteiger partial charge on any atom is -0.302 e. The molecule has 1 amide bonds. The summed E-state index contributed by atoms with van der Waals surface area (Å²) in [7, 11) is -3.67. The molecule has 2 aromatic carbocycles. The molecule has 3 rings (SSSR count). The monoisotopic (exact) mass is 389 g/mol. The van der Waals surface area contributed by atoms with Crippen LogP contribution < -0.4 is 10.0 Å². The van der Waals surface area contributed by atoms with Crippen molar-refractivity contribution in [3.05, 3.63) is 48.0 Å². The highest BCUT2D eigenvalue weighted by Gasteiger charge is 2.15. The van der Waals surface area contributed by atoms with Crippen molar-refractivity contribution in [1.29, 1.82) is 0 Å². The first-order valence-corrected chi connectivity index (χ1v) is 10.4. The van der Waals surface area contributed by atoms with E-state index in [-0.39, 0.29) is 10.8 Å². The molecule has 3 aromatic rings. The van der Waals surface area contributed by atoms with E-state index in [2.05, 4.69) is 28.9 Å². The Kier molecular flexibility index (Phi) is 4.97. The van der Waals surface area contributed by atoms with E-state index >= 15 is 0 Å². The Morgan fingerprint density at radius 2 is 1.81 bits per heavy atom. The average Bonchev–Trinajstić information content (AvgIpc) is 2.95. The molecule has 0 aliphatic carbocycles. The van der Waals surface area contributed by atoms with E-state index in [0.29, 0.717) is 22.3 Å². The molecule has 2 N–H and O–H groups in total. The van der Waals surface area contributed by atoms with Crippen LogP contribution >= 0.6 is 11.3 Å². The Bertz CT molecular complexity index is 1050. The van der Waals surface area contributed by atoms with Crippen molar-refractivity contribution in [2.45, 2.75) is 31.6 Å². The number of amides is 1. The molecule has 0 saturated carbocycles. The van der Waals surface area contributed by atoms with Crippen LogP contribution in [0.5, 0.6) is 0 Å². The van der Waals surface area contributed by atoms with Gasteiger partial charge in [0.05, 0.1) is 20.8 Å². The van der Waals surface area contributed by atoms with Gasteiger partial charge in [-0.05, 0) is 41.8 Å². The number of nitrogens with one attached hydrogen (secondary N) is 2. The highest BCUT2D eigenvalue weighted by atomic mass is 32.2. The number of carbonyl (C=O) groups is 1. The molecule has 136 valence electrons. The van der Waals surface area contributed by atoms with Gasteiger partial charge in [-0.1, -0.05) is 37.3 Å². The van der Waals surface area contributed by atoms with Crippen LogP contribution in [0.15, 0.2) is 47.4 Å². The summed E-state index contributed by atoms with van der Waals surface area (Å²) in [4.78, 5) is 15.6. The van der Waals surface area contributed by atoms with Gasteiger partial charge in [0.1, 0.15) is 0 Å². The zero-order chi connectivity index (χ0) is 18.9. The molecule has 0 aliphatic rings. The molecule has 0 atom stereocenters. The first kappa shape index (κ1) is 18.3. The number of hydrogen-bond donors (Lipinski definition) is 2. The van der Waals surface area contributed by atoms with Crippen molar-refractivity contribution in [1.82, 2.24) is 4.98 Å². The summed E-state index contributed by atoms with van der Waals surface area (Å²) < 4.78 is 28.5. The van der Waals surface area contributed by atoms with Crippen LogP contribution in [-0.4, -0.2) is 19.3 Å². The maximum absolute atomic E-state index is 12.6. The fourth-order valence-electron chi connectivity index (χ4n) is 2.44. The van der Waals surface area contributed by atoms with E-state index in [0.717, 1.165) is 10.3 Å². The molecule has 26 heavy (non-hydrogen) atoms. The fraction of sp³-hybridized carbons (Fsp3) is 0.222. The number of benzene rings is 2. The van der Waals surface area contributed by atoms with E-state index in [1.807, 2.05) is 12.1 Å². The second kappa shape index (κ2) is 7.05. The number of carbonyl (C=O) groups excluding carboxylic acids is 1. The summed E-state index contributed by atoms with van der Waals surface area (Å²) >= 11 is 1.29. The van der Waals surface area contributed by atoms with Crippen LogP contribution in [0.25, 0.3) is 10.2 Å². The van der Waals surface area contributed by atoms with Crippen LogP contribution in [0.3, 0.4) is 0 Å². The van der Waals surface area contributed by atoms with Gasteiger partial charge in [0, 0.05) is 6.92 Å². The smallest absolute Gasteiger partial charge is 0.261 e. The third kappa shape index (κ3) is 4.03. The van der Waals surface area contributed by atoms with E-state index in [1.54, 1.807) is 30.3 Å². The van der Waals surface area contributed by atoms with E-state index < -0.39 is 10.0 Å².